The molecule has 0 bridgehead atoms. The van der Waals surface area contributed by atoms with Crippen LogP contribution in [0.3, 0.4) is 0 Å². The van der Waals surface area contributed by atoms with Crippen molar-refractivity contribution in [2.45, 2.75) is 20.0 Å². The van der Waals surface area contributed by atoms with Crippen LogP contribution in [0.25, 0.3) is 0 Å². The molecule has 82 valence electrons. The minimum absolute atomic E-state index is 0.427. The van der Waals surface area contributed by atoms with Gasteiger partial charge in [0.25, 0.3) is 0 Å². The quantitative estimate of drug-likeness (QED) is 0.590. The van der Waals surface area contributed by atoms with E-state index in [1.54, 1.807) is 6.08 Å². The maximum atomic E-state index is 9.90. The summed E-state index contributed by atoms with van der Waals surface area (Å²) in [4.78, 5) is 0. The molecular formula is C15H16O. The molecule has 0 saturated carbocycles. The average molecular weight is 212 g/mol. The van der Waals surface area contributed by atoms with Gasteiger partial charge in [-0.3, -0.25) is 0 Å². The molecular weight excluding hydrogens is 196 g/mol. The Kier molecular flexibility index (Phi) is 4.14. The number of aliphatic hydroxyl groups excluding tert-OH is 1. The van der Waals surface area contributed by atoms with Gasteiger partial charge in [0, 0.05) is 11.0 Å². The van der Waals surface area contributed by atoms with E-state index in [0.717, 1.165) is 5.56 Å². The molecule has 1 nitrogen and oxygen atoms in total. The summed E-state index contributed by atoms with van der Waals surface area (Å²) in [5, 5.41) is 9.90. The van der Waals surface area contributed by atoms with Gasteiger partial charge < -0.3 is 5.11 Å². The van der Waals surface area contributed by atoms with Crippen molar-refractivity contribution < 1.29 is 5.11 Å². The lowest BCUT2D eigenvalue weighted by Crippen LogP contribution is -2.25. The van der Waals surface area contributed by atoms with Crippen LogP contribution >= 0.6 is 0 Å². The van der Waals surface area contributed by atoms with Gasteiger partial charge >= 0.3 is 0 Å². The van der Waals surface area contributed by atoms with Gasteiger partial charge in [0.2, 0.25) is 0 Å². The highest BCUT2D eigenvalue weighted by molar-refractivity contribution is 5.35. The van der Waals surface area contributed by atoms with Gasteiger partial charge in [-0.2, -0.15) is 0 Å². The zero-order valence-corrected chi connectivity index (χ0v) is 9.70. The van der Waals surface area contributed by atoms with E-state index >= 15 is 0 Å². The van der Waals surface area contributed by atoms with Crippen LogP contribution in [-0.4, -0.2) is 11.2 Å². The Bertz CT molecular complexity index is 439. The van der Waals surface area contributed by atoms with E-state index in [-0.39, 0.29) is 0 Å². The van der Waals surface area contributed by atoms with Crippen LogP contribution in [0.1, 0.15) is 19.4 Å². The summed E-state index contributed by atoms with van der Waals surface area (Å²) < 4.78 is 0. The second-order valence-corrected chi connectivity index (χ2v) is 4.21. The Morgan fingerprint density at radius 1 is 1.31 bits per heavy atom. The minimum atomic E-state index is -0.720. The van der Waals surface area contributed by atoms with Crippen LogP contribution in [0.4, 0.5) is 0 Å². The van der Waals surface area contributed by atoms with Crippen molar-refractivity contribution in [3.05, 3.63) is 54.3 Å². The zero-order chi connectivity index (χ0) is 12.0. The lowest BCUT2D eigenvalue weighted by atomic mass is 9.87. The van der Waals surface area contributed by atoms with Crippen molar-refractivity contribution in [2.24, 2.45) is 5.41 Å². The highest BCUT2D eigenvalue weighted by Gasteiger charge is 2.22. The first-order chi connectivity index (χ1) is 7.56. The van der Waals surface area contributed by atoms with Crippen LogP contribution in [0.15, 0.2) is 48.7 Å². The molecule has 1 N–H and O–H groups in total. The van der Waals surface area contributed by atoms with Crippen molar-refractivity contribution in [3.63, 3.8) is 0 Å². The standard InChI is InChI=1S/C15H16O/c1-4-12-15(2,3)14(16)11-10-13-8-6-5-7-9-13/h5-9,12,14,16H,1H2,2-3H3. The summed E-state index contributed by atoms with van der Waals surface area (Å²) in [7, 11) is 0. The fraction of sp³-hybridized carbons (Fsp3) is 0.267. The molecule has 0 aliphatic heterocycles. The molecule has 0 aromatic heterocycles. The number of rotatable bonds is 2. The number of benzene rings is 1. The fourth-order valence-electron chi connectivity index (χ4n) is 1.20. The largest absolute Gasteiger partial charge is 0.379 e. The second kappa shape index (κ2) is 5.37. The Morgan fingerprint density at radius 3 is 2.50 bits per heavy atom. The molecule has 1 aromatic rings. The van der Waals surface area contributed by atoms with Gasteiger partial charge in [-0.15, -0.1) is 5.73 Å². The Balaban J connectivity index is 2.83. The SMILES string of the molecule is C=C=CC(C)(C)C(O)C#Cc1ccccc1. The molecule has 0 fully saturated rings. The lowest BCUT2D eigenvalue weighted by molar-refractivity contribution is 0.135. The third kappa shape index (κ3) is 3.44. The topological polar surface area (TPSA) is 20.2 Å². The van der Waals surface area contributed by atoms with Crippen molar-refractivity contribution >= 4 is 0 Å². The molecule has 0 radical (unpaired) electrons. The Labute approximate surface area is 97.1 Å². The molecule has 1 rings (SSSR count). The van der Waals surface area contributed by atoms with Crippen LogP contribution in [0, 0.1) is 17.3 Å². The molecule has 1 unspecified atom stereocenters. The second-order valence-electron chi connectivity index (χ2n) is 4.21. The van der Waals surface area contributed by atoms with Gasteiger partial charge in [-0.1, -0.05) is 50.5 Å². The van der Waals surface area contributed by atoms with Crippen molar-refractivity contribution in [1.82, 2.24) is 0 Å². The first-order valence-electron chi connectivity index (χ1n) is 5.18. The van der Waals surface area contributed by atoms with Gasteiger partial charge in [0.1, 0.15) is 6.10 Å². The van der Waals surface area contributed by atoms with E-state index in [1.165, 1.54) is 0 Å². The summed E-state index contributed by atoms with van der Waals surface area (Å²) in [6.07, 6.45) is 1.01. The molecule has 1 aromatic carbocycles. The normalized spacial score (nSPS) is 11.9. The monoisotopic (exact) mass is 212 g/mol. The first-order valence-corrected chi connectivity index (χ1v) is 5.18. The lowest BCUT2D eigenvalue weighted by Gasteiger charge is -2.21. The van der Waals surface area contributed by atoms with Gasteiger partial charge in [-0.05, 0) is 18.2 Å². The summed E-state index contributed by atoms with van der Waals surface area (Å²) in [5.41, 5.74) is 3.16. The molecule has 0 amide bonds. The molecule has 0 aliphatic rings. The van der Waals surface area contributed by atoms with Crippen LogP contribution < -0.4 is 0 Å². The minimum Gasteiger partial charge on any atom is -0.379 e. The summed E-state index contributed by atoms with van der Waals surface area (Å²) >= 11 is 0. The molecule has 0 spiro atoms. The molecule has 0 saturated heterocycles. The predicted molar refractivity (Wildman–Crippen MR) is 66.8 cm³/mol. The Hall–Kier alpha value is -1.74. The first kappa shape index (κ1) is 12.3. The third-order valence-corrected chi connectivity index (χ3v) is 2.31. The van der Waals surface area contributed by atoms with Crippen molar-refractivity contribution in [1.29, 1.82) is 0 Å². The van der Waals surface area contributed by atoms with E-state index < -0.39 is 11.5 Å². The highest BCUT2D eigenvalue weighted by atomic mass is 16.3. The summed E-state index contributed by atoms with van der Waals surface area (Å²) in [6.45, 7) is 7.30. The van der Waals surface area contributed by atoms with E-state index in [2.05, 4.69) is 24.2 Å². The summed E-state index contributed by atoms with van der Waals surface area (Å²) in [6, 6.07) is 9.61. The predicted octanol–water partition coefficient (Wildman–Crippen LogP) is 2.77. The average Bonchev–Trinajstić information content (AvgIpc) is 2.27. The van der Waals surface area contributed by atoms with E-state index in [1.807, 2.05) is 44.2 Å². The van der Waals surface area contributed by atoms with Crippen LogP contribution in [-0.2, 0) is 0 Å². The smallest absolute Gasteiger partial charge is 0.124 e. The maximum absolute atomic E-state index is 9.90. The van der Waals surface area contributed by atoms with Crippen LogP contribution in [0.5, 0.6) is 0 Å². The maximum Gasteiger partial charge on any atom is 0.124 e. The number of aliphatic hydroxyl groups is 1. The molecule has 16 heavy (non-hydrogen) atoms. The highest BCUT2D eigenvalue weighted by Crippen LogP contribution is 2.21. The van der Waals surface area contributed by atoms with E-state index in [9.17, 15) is 5.11 Å². The van der Waals surface area contributed by atoms with Crippen molar-refractivity contribution in [2.75, 3.05) is 0 Å². The Morgan fingerprint density at radius 2 is 1.94 bits per heavy atom. The van der Waals surface area contributed by atoms with E-state index in [4.69, 9.17) is 0 Å². The molecule has 0 heterocycles. The zero-order valence-electron chi connectivity index (χ0n) is 9.70. The fourth-order valence-corrected chi connectivity index (χ4v) is 1.20. The van der Waals surface area contributed by atoms with Crippen molar-refractivity contribution in [3.8, 4) is 11.8 Å². The van der Waals surface area contributed by atoms with Gasteiger partial charge in [0.15, 0.2) is 0 Å². The third-order valence-electron chi connectivity index (χ3n) is 2.31. The molecule has 0 aliphatic carbocycles. The number of hydrogen-bond acceptors (Lipinski definition) is 1. The molecule has 1 heteroatoms. The van der Waals surface area contributed by atoms with Gasteiger partial charge in [0.05, 0.1) is 0 Å². The van der Waals surface area contributed by atoms with Gasteiger partial charge in [-0.25, -0.2) is 0 Å². The number of hydrogen-bond donors (Lipinski definition) is 1. The van der Waals surface area contributed by atoms with E-state index in [0.29, 0.717) is 0 Å². The van der Waals surface area contributed by atoms with Crippen LogP contribution in [0.2, 0.25) is 0 Å². The molecule has 1 atom stereocenters. The summed E-state index contributed by atoms with van der Waals surface area (Å²) in [5.74, 6) is 5.77.